The zero-order chi connectivity index (χ0) is 22.7. The number of hydrogen-bond acceptors (Lipinski definition) is 6. The van der Waals surface area contributed by atoms with Crippen LogP contribution in [0.4, 0.5) is 0 Å². The molecule has 0 aromatic heterocycles. The third-order valence-corrected chi connectivity index (χ3v) is 5.51. The van der Waals surface area contributed by atoms with Crippen molar-refractivity contribution >= 4 is 27.8 Å². The average molecular weight is 497 g/mol. The molecule has 1 aliphatic heterocycles. The zero-order valence-corrected chi connectivity index (χ0v) is 19.4. The molecule has 0 spiro atoms. The highest BCUT2D eigenvalue weighted by Gasteiger charge is 2.28. The Morgan fingerprint density at radius 2 is 1.66 bits per heavy atom. The van der Waals surface area contributed by atoms with Gasteiger partial charge in [-0.05, 0) is 48.0 Å². The first-order valence-corrected chi connectivity index (χ1v) is 10.6. The van der Waals surface area contributed by atoms with Crippen LogP contribution in [0, 0.1) is 0 Å². The van der Waals surface area contributed by atoms with E-state index >= 15 is 0 Å². The van der Waals surface area contributed by atoms with E-state index in [0.717, 1.165) is 10.0 Å². The minimum Gasteiger partial charge on any atom is -0.493 e. The van der Waals surface area contributed by atoms with Crippen LogP contribution < -0.4 is 23.7 Å². The smallest absolute Gasteiger partial charge is 0.231 e. The quantitative estimate of drug-likeness (QED) is 0.392. The van der Waals surface area contributed by atoms with Crippen molar-refractivity contribution in [2.45, 2.75) is 6.61 Å². The molecule has 0 N–H and O–H groups in total. The lowest BCUT2D eigenvalue weighted by molar-refractivity contribution is 0.101. The predicted octanol–water partition coefficient (Wildman–Crippen LogP) is 5.67. The van der Waals surface area contributed by atoms with Crippen molar-refractivity contribution < 1.29 is 28.5 Å². The third-order valence-electron chi connectivity index (χ3n) is 4.98. The Morgan fingerprint density at radius 1 is 0.906 bits per heavy atom. The van der Waals surface area contributed by atoms with Crippen molar-refractivity contribution in [1.82, 2.24) is 0 Å². The van der Waals surface area contributed by atoms with Gasteiger partial charge in [-0.25, -0.2) is 0 Å². The van der Waals surface area contributed by atoms with Crippen molar-refractivity contribution in [3.05, 3.63) is 81.5 Å². The van der Waals surface area contributed by atoms with Crippen LogP contribution in [0.2, 0.25) is 0 Å². The Hall–Kier alpha value is -3.45. The first-order chi connectivity index (χ1) is 15.5. The molecule has 0 bridgehead atoms. The van der Waals surface area contributed by atoms with Crippen LogP contribution in [0.15, 0.2) is 64.8 Å². The second-order valence-corrected chi connectivity index (χ2v) is 7.85. The monoisotopic (exact) mass is 496 g/mol. The Balaban J connectivity index is 1.57. The lowest BCUT2D eigenvalue weighted by Gasteiger charge is -2.14. The van der Waals surface area contributed by atoms with E-state index in [1.807, 2.05) is 24.3 Å². The van der Waals surface area contributed by atoms with Crippen LogP contribution in [0.25, 0.3) is 6.08 Å². The van der Waals surface area contributed by atoms with Gasteiger partial charge in [0.1, 0.15) is 18.1 Å². The van der Waals surface area contributed by atoms with Gasteiger partial charge in [-0.1, -0.05) is 28.1 Å². The molecule has 3 aromatic rings. The van der Waals surface area contributed by atoms with Crippen LogP contribution in [0.1, 0.15) is 21.5 Å². The summed E-state index contributed by atoms with van der Waals surface area (Å²) in [6, 6.07) is 16.6. The van der Waals surface area contributed by atoms with Crippen molar-refractivity contribution in [3.63, 3.8) is 0 Å². The SMILES string of the molecule is COc1ccc(C=C2Oc3cc(OCc4ccc(Br)cc4)ccc3C2=O)c(OC)c1OC. The van der Waals surface area contributed by atoms with Crippen LogP contribution in [-0.4, -0.2) is 27.1 Å². The highest BCUT2D eigenvalue weighted by atomic mass is 79.9. The molecule has 32 heavy (non-hydrogen) atoms. The van der Waals surface area contributed by atoms with Crippen LogP contribution in [0.3, 0.4) is 0 Å². The van der Waals surface area contributed by atoms with E-state index in [2.05, 4.69) is 15.9 Å². The second kappa shape index (κ2) is 9.36. The number of methoxy groups -OCH3 is 3. The number of allylic oxidation sites excluding steroid dienone is 1. The van der Waals surface area contributed by atoms with Gasteiger partial charge >= 0.3 is 0 Å². The standard InChI is InChI=1S/C25H21BrO6/c1-28-20-11-6-16(24(29-2)25(20)30-3)12-22-23(27)19-10-9-18(13-21(19)32-22)31-14-15-4-7-17(26)8-5-15/h4-13H,14H2,1-3H3. The van der Waals surface area contributed by atoms with Gasteiger partial charge in [0.05, 0.1) is 26.9 Å². The van der Waals surface area contributed by atoms with Crippen molar-refractivity contribution in [1.29, 1.82) is 0 Å². The average Bonchev–Trinajstić information content (AvgIpc) is 3.12. The molecule has 3 aromatic carbocycles. The number of ketones is 1. The summed E-state index contributed by atoms with van der Waals surface area (Å²) >= 11 is 3.42. The molecule has 0 atom stereocenters. The topological polar surface area (TPSA) is 63.2 Å². The molecule has 164 valence electrons. The molecule has 0 aliphatic carbocycles. The predicted molar refractivity (Wildman–Crippen MR) is 124 cm³/mol. The van der Waals surface area contributed by atoms with Gasteiger partial charge in [0, 0.05) is 16.1 Å². The molecule has 0 fully saturated rings. The molecule has 0 radical (unpaired) electrons. The summed E-state index contributed by atoms with van der Waals surface area (Å²) in [6.45, 7) is 0.408. The van der Waals surface area contributed by atoms with Gasteiger partial charge in [0.25, 0.3) is 0 Å². The highest BCUT2D eigenvalue weighted by Crippen LogP contribution is 2.42. The Kier molecular flexibility index (Phi) is 6.37. The molecule has 0 unspecified atom stereocenters. The van der Waals surface area contributed by atoms with Gasteiger partial charge < -0.3 is 23.7 Å². The Morgan fingerprint density at radius 3 is 2.34 bits per heavy atom. The number of carbonyl (C=O) groups is 1. The fraction of sp³-hybridized carbons (Fsp3) is 0.160. The largest absolute Gasteiger partial charge is 0.493 e. The molecular weight excluding hydrogens is 476 g/mol. The fourth-order valence-electron chi connectivity index (χ4n) is 3.38. The number of ether oxygens (including phenoxy) is 5. The summed E-state index contributed by atoms with van der Waals surface area (Å²) in [7, 11) is 4.60. The van der Waals surface area contributed by atoms with Crippen molar-refractivity contribution in [3.8, 4) is 28.7 Å². The van der Waals surface area contributed by atoms with Crippen LogP contribution in [-0.2, 0) is 6.61 Å². The van der Waals surface area contributed by atoms with E-state index in [4.69, 9.17) is 23.7 Å². The van der Waals surface area contributed by atoms with E-state index < -0.39 is 0 Å². The number of halogens is 1. The molecule has 6 nitrogen and oxygen atoms in total. The summed E-state index contributed by atoms with van der Waals surface area (Å²) in [5, 5.41) is 0. The maximum atomic E-state index is 12.9. The second-order valence-electron chi connectivity index (χ2n) is 6.94. The minimum atomic E-state index is -0.212. The minimum absolute atomic E-state index is 0.190. The Labute approximate surface area is 194 Å². The van der Waals surface area contributed by atoms with Crippen LogP contribution in [0.5, 0.6) is 28.7 Å². The number of Topliss-reactive ketones (excluding diaryl/α,β-unsaturated/α-hetero) is 1. The number of carbonyl (C=O) groups excluding carboxylic acids is 1. The summed E-state index contributed by atoms with van der Waals surface area (Å²) in [4.78, 5) is 12.9. The zero-order valence-electron chi connectivity index (χ0n) is 17.8. The first kappa shape index (κ1) is 21.8. The van der Waals surface area contributed by atoms with Crippen molar-refractivity contribution in [2.24, 2.45) is 0 Å². The molecule has 0 saturated heterocycles. The molecule has 0 amide bonds. The van der Waals surface area contributed by atoms with E-state index in [0.29, 0.717) is 46.5 Å². The van der Waals surface area contributed by atoms with Gasteiger partial charge in [0.2, 0.25) is 11.5 Å². The molecule has 7 heteroatoms. The fourth-order valence-corrected chi connectivity index (χ4v) is 3.65. The molecule has 1 heterocycles. The molecule has 0 saturated carbocycles. The maximum absolute atomic E-state index is 12.9. The van der Waals surface area contributed by atoms with E-state index in [9.17, 15) is 4.79 Å². The summed E-state index contributed by atoms with van der Waals surface area (Å²) < 4.78 is 28.9. The number of hydrogen-bond donors (Lipinski definition) is 0. The normalized spacial score (nSPS) is 13.5. The number of fused-ring (bicyclic) bond motifs is 1. The third kappa shape index (κ3) is 4.29. The van der Waals surface area contributed by atoms with E-state index in [-0.39, 0.29) is 11.5 Å². The van der Waals surface area contributed by atoms with E-state index in [1.54, 1.807) is 43.5 Å². The van der Waals surface area contributed by atoms with Gasteiger partial charge in [0.15, 0.2) is 17.3 Å². The highest BCUT2D eigenvalue weighted by molar-refractivity contribution is 9.10. The lowest BCUT2D eigenvalue weighted by Crippen LogP contribution is -2.00. The maximum Gasteiger partial charge on any atom is 0.231 e. The van der Waals surface area contributed by atoms with Crippen molar-refractivity contribution in [2.75, 3.05) is 21.3 Å². The molecule has 4 rings (SSSR count). The summed E-state index contributed by atoms with van der Waals surface area (Å²) in [6.07, 6.45) is 1.63. The van der Waals surface area contributed by atoms with E-state index in [1.165, 1.54) is 14.2 Å². The number of benzene rings is 3. The Bertz CT molecular complexity index is 1180. The summed E-state index contributed by atoms with van der Waals surface area (Å²) in [5.74, 6) is 2.47. The van der Waals surface area contributed by atoms with Crippen LogP contribution >= 0.6 is 15.9 Å². The molecule has 1 aliphatic rings. The molecular formula is C25H21BrO6. The van der Waals surface area contributed by atoms with Gasteiger partial charge in [-0.15, -0.1) is 0 Å². The number of rotatable bonds is 7. The first-order valence-electron chi connectivity index (χ1n) is 9.78. The summed E-state index contributed by atoms with van der Waals surface area (Å²) in [5.41, 5.74) is 2.14. The van der Waals surface area contributed by atoms with Gasteiger partial charge in [-0.3, -0.25) is 4.79 Å². The lowest BCUT2D eigenvalue weighted by atomic mass is 10.1. The van der Waals surface area contributed by atoms with Gasteiger partial charge in [-0.2, -0.15) is 0 Å².